The fraction of sp³-hybridized carbons (Fsp3) is 0.562. The molecular weight excluding hydrogens is 236 g/mol. The summed E-state index contributed by atoms with van der Waals surface area (Å²) in [5.74, 6) is 0. The number of nitrogens with one attached hydrogen (secondary N) is 1. The molecule has 1 rings (SSSR count). The molecule has 19 heavy (non-hydrogen) atoms. The molecule has 0 aliphatic carbocycles. The Kier molecular flexibility index (Phi) is 7.01. The molecule has 0 saturated heterocycles. The van der Waals surface area contributed by atoms with Gasteiger partial charge in [-0.3, -0.25) is 0 Å². The predicted octanol–water partition coefficient (Wildman–Crippen LogP) is 3.72. The minimum Gasteiger partial charge on any atom is -0.334 e. The van der Waals surface area contributed by atoms with Crippen LogP contribution >= 0.6 is 0 Å². The van der Waals surface area contributed by atoms with Crippen LogP contribution < -0.4 is 5.32 Å². The van der Waals surface area contributed by atoms with Crippen LogP contribution in [-0.2, 0) is 6.54 Å². The molecule has 0 aromatic heterocycles. The molecule has 3 nitrogen and oxygen atoms in total. The van der Waals surface area contributed by atoms with Crippen LogP contribution in [-0.4, -0.2) is 24.0 Å². The second kappa shape index (κ2) is 8.57. The van der Waals surface area contributed by atoms with Crippen molar-refractivity contribution in [3.05, 3.63) is 35.4 Å². The first-order valence-electron chi connectivity index (χ1n) is 7.26. The van der Waals surface area contributed by atoms with E-state index in [9.17, 15) is 4.79 Å². The highest BCUT2D eigenvalue weighted by atomic mass is 16.2. The van der Waals surface area contributed by atoms with Crippen LogP contribution in [0.3, 0.4) is 0 Å². The number of amides is 2. The number of carbonyl (C=O) groups excluding carboxylic acids is 1. The van der Waals surface area contributed by atoms with Gasteiger partial charge in [-0.05, 0) is 30.9 Å². The highest BCUT2D eigenvalue weighted by molar-refractivity contribution is 5.74. The summed E-state index contributed by atoms with van der Waals surface area (Å²) >= 11 is 0. The maximum Gasteiger partial charge on any atom is 0.317 e. The van der Waals surface area contributed by atoms with E-state index in [0.717, 1.165) is 32.4 Å². The van der Waals surface area contributed by atoms with Crippen LogP contribution in [0.4, 0.5) is 4.79 Å². The molecule has 3 heteroatoms. The quantitative estimate of drug-likeness (QED) is 0.798. The van der Waals surface area contributed by atoms with Gasteiger partial charge >= 0.3 is 6.03 Å². The first-order chi connectivity index (χ1) is 9.19. The number of hydrogen-bond acceptors (Lipinski definition) is 1. The first-order valence-corrected chi connectivity index (χ1v) is 7.26. The largest absolute Gasteiger partial charge is 0.334 e. The van der Waals surface area contributed by atoms with E-state index in [-0.39, 0.29) is 6.03 Å². The maximum atomic E-state index is 12.1. The van der Waals surface area contributed by atoms with Gasteiger partial charge in [-0.1, -0.05) is 44.5 Å². The van der Waals surface area contributed by atoms with E-state index >= 15 is 0 Å². The highest BCUT2D eigenvalue weighted by Gasteiger charge is 2.11. The van der Waals surface area contributed by atoms with Crippen LogP contribution in [0.5, 0.6) is 0 Å². The van der Waals surface area contributed by atoms with Gasteiger partial charge in [0.2, 0.25) is 0 Å². The summed E-state index contributed by atoms with van der Waals surface area (Å²) in [5, 5.41) is 3.02. The lowest BCUT2D eigenvalue weighted by molar-refractivity contribution is 0.196. The van der Waals surface area contributed by atoms with E-state index in [0.29, 0.717) is 6.54 Å². The van der Waals surface area contributed by atoms with Gasteiger partial charge in [0.25, 0.3) is 0 Å². The topological polar surface area (TPSA) is 32.3 Å². The Balaban J connectivity index is 2.50. The zero-order valence-electron chi connectivity index (χ0n) is 12.4. The van der Waals surface area contributed by atoms with Crippen LogP contribution in [0, 0.1) is 6.92 Å². The molecule has 0 unspecified atom stereocenters. The summed E-state index contributed by atoms with van der Waals surface area (Å²) in [4.78, 5) is 14.1. The second-order valence-electron chi connectivity index (χ2n) is 4.93. The third-order valence-corrected chi connectivity index (χ3v) is 3.25. The molecular formula is C16H26N2O. The number of unbranched alkanes of at least 4 members (excludes halogenated alkanes) is 1. The Morgan fingerprint density at radius 3 is 2.53 bits per heavy atom. The van der Waals surface area contributed by atoms with Crippen molar-refractivity contribution in [2.24, 2.45) is 0 Å². The van der Waals surface area contributed by atoms with Gasteiger partial charge in [-0.25, -0.2) is 4.79 Å². The minimum atomic E-state index is 0.0542. The summed E-state index contributed by atoms with van der Waals surface area (Å²) in [7, 11) is 0. The minimum absolute atomic E-state index is 0.0542. The van der Waals surface area contributed by atoms with Gasteiger partial charge in [0.05, 0.1) is 0 Å². The Morgan fingerprint density at radius 1 is 1.16 bits per heavy atom. The van der Waals surface area contributed by atoms with Crippen molar-refractivity contribution in [1.82, 2.24) is 10.2 Å². The van der Waals surface area contributed by atoms with E-state index in [1.165, 1.54) is 11.1 Å². The summed E-state index contributed by atoms with van der Waals surface area (Å²) in [6, 6.07) is 8.22. The molecule has 1 aromatic rings. The van der Waals surface area contributed by atoms with Crippen molar-refractivity contribution in [3.8, 4) is 0 Å². The molecule has 0 atom stereocenters. The Hall–Kier alpha value is -1.51. The zero-order chi connectivity index (χ0) is 14.1. The van der Waals surface area contributed by atoms with Gasteiger partial charge in [-0.2, -0.15) is 0 Å². The molecule has 0 fully saturated rings. The zero-order valence-corrected chi connectivity index (χ0v) is 12.4. The molecule has 0 aliphatic heterocycles. The third kappa shape index (κ3) is 5.33. The molecule has 2 amide bonds. The number of hydrogen-bond donors (Lipinski definition) is 1. The Bertz CT molecular complexity index is 390. The lowest BCUT2D eigenvalue weighted by Gasteiger charge is -2.22. The predicted molar refractivity (Wildman–Crippen MR) is 80.2 cm³/mol. The molecule has 106 valence electrons. The number of urea groups is 1. The molecule has 0 spiro atoms. The van der Waals surface area contributed by atoms with E-state index < -0.39 is 0 Å². The lowest BCUT2D eigenvalue weighted by atomic mass is 10.1. The summed E-state index contributed by atoms with van der Waals surface area (Å²) < 4.78 is 0. The maximum absolute atomic E-state index is 12.1. The van der Waals surface area contributed by atoms with Crippen LogP contribution in [0.25, 0.3) is 0 Å². The molecule has 0 aliphatic rings. The van der Waals surface area contributed by atoms with E-state index in [1.54, 1.807) is 0 Å². The molecule has 0 bridgehead atoms. The number of carbonyl (C=O) groups is 1. The van der Waals surface area contributed by atoms with E-state index in [2.05, 4.69) is 38.2 Å². The van der Waals surface area contributed by atoms with Crippen LogP contribution in [0.2, 0.25) is 0 Å². The number of aryl methyl sites for hydroxylation is 1. The molecule has 1 N–H and O–H groups in total. The summed E-state index contributed by atoms with van der Waals surface area (Å²) in [6.45, 7) is 8.62. The molecule has 1 aromatic carbocycles. The SMILES string of the molecule is CCCCN(CCC)C(=O)NCc1ccccc1C. The highest BCUT2D eigenvalue weighted by Crippen LogP contribution is 2.06. The van der Waals surface area contributed by atoms with Gasteiger partial charge in [0.15, 0.2) is 0 Å². The van der Waals surface area contributed by atoms with E-state index in [4.69, 9.17) is 0 Å². The van der Waals surface area contributed by atoms with Crippen molar-refractivity contribution in [1.29, 1.82) is 0 Å². The normalized spacial score (nSPS) is 10.3. The van der Waals surface area contributed by atoms with Crippen molar-refractivity contribution < 1.29 is 4.79 Å². The molecule has 0 saturated carbocycles. The van der Waals surface area contributed by atoms with Crippen molar-refractivity contribution in [3.63, 3.8) is 0 Å². The average Bonchev–Trinajstić information content (AvgIpc) is 2.42. The fourth-order valence-corrected chi connectivity index (χ4v) is 2.02. The summed E-state index contributed by atoms with van der Waals surface area (Å²) in [6.07, 6.45) is 3.19. The van der Waals surface area contributed by atoms with Crippen molar-refractivity contribution in [2.45, 2.75) is 46.6 Å². The van der Waals surface area contributed by atoms with Gasteiger partial charge < -0.3 is 10.2 Å². The average molecular weight is 262 g/mol. The van der Waals surface area contributed by atoms with Crippen molar-refractivity contribution >= 4 is 6.03 Å². The first kappa shape index (κ1) is 15.5. The Morgan fingerprint density at radius 2 is 1.89 bits per heavy atom. The molecule has 0 heterocycles. The Labute approximate surface area is 117 Å². The lowest BCUT2D eigenvalue weighted by Crippen LogP contribution is -2.40. The van der Waals surface area contributed by atoms with Gasteiger partial charge in [0, 0.05) is 19.6 Å². The summed E-state index contributed by atoms with van der Waals surface area (Å²) in [5.41, 5.74) is 2.40. The van der Waals surface area contributed by atoms with Gasteiger partial charge in [-0.15, -0.1) is 0 Å². The van der Waals surface area contributed by atoms with Gasteiger partial charge in [0.1, 0.15) is 0 Å². The standard InChI is InChI=1S/C16H26N2O/c1-4-6-12-18(11-5-2)16(19)17-13-15-10-8-7-9-14(15)3/h7-10H,4-6,11-13H2,1-3H3,(H,17,19). The number of nitrogens with zero attached hydrogens (tertiary/aromatic N) is 1. The fourth-order valence-electron chi connectivity index (χ4n) is 2.02. The second-order valence-corrected chi connectivity index (χ2v) is 4.93. The van der Waals surface area contributed by atoms with E-state index in [1.807, 2.05) is 17.0 Å². The van der Waals surface area contributed by atoms with Crippen LogP contribution in [0.1, 0.15) is 44.2 Å². The number of benzene rings is 1. The van der Waals surface area contributed by atoms with Crippen molar-refractivity contribution in [2.75, 3.05) is 13.1 Å². The van der Waals surface area contributed by atoms with Crippen LogP contribution in [0.15, 0.2) is 24.3 Å². The smallest absolute Gasteiger partial charge is 0.317 e. The third-order valence-electron chi connectivity index (χ3n) is 3.25. The molecule has 0 radical (unpaired) electrons. The number of rotatable bonds is 7. The monoisotopic (exact) mass is 262 g/mol.